The van der Waals surface area contributed by atoms with Gasteiger partial charge in [-0.05, 0) is 12.8 Å². The summed E-state index contributed by atoms with van der Waals surface area (Å²) >= 11 is 0. The van der Waals surface area contributed by atoms with Gasteiger partial charge in [-0.25, -0.2) is 9.13 Å². The number of hydrogen-bond acceptors (Lipinski definition) is 0. The topological polar surface area (TPSA) is 8.81 Å². The van der Waals surface area contributed by atoms with E-state index < -0.39 is 0 Å². The highest BCUT2D eigenvalue weighted by Gasteiger charge is 1.99. The van der Waals surface area contributed by atoms with E-state index in [1.54, 1.807) is 0 Å². The maximum absolute atomic E-state index is 3.70. The van der Waals surface area contributed by atoms with Crippen molar-refractivity contribution in [2.75, 3.05) is 0 Å². The molecule has 0 saturated carbocycles. The first-order valence-corrected chi connectivity index (χ1v) is 5.06. The smallest absolute Gasteiger partial charge is 0.236 e. The molecule has 0 aliphatic carbocycles. The van der Waals surface area contributed by atoms with Crippen LogP contribution in [0.4, 0.5) is 0 Å². The average molecular weight is 179 g/mol. The van der Waals surface area contributed by atoms with Crippen LogP contribution >= 0.6 is 0 Å². The monoisotopic (exact) mass is 179 g/mol. The lowest BCUT2D eigenvalue weighted by Gasteiger charge is -1.95. The molecule has 0 saturated heterocycles. The zero-order valence-corrected chi connectivity index (χ0v) is 8.45. The van der Waals surface area contributed by atoms with Crippen LogP contribution in [0.1, 0.15) is 32.6 Å². The average Bonchev–Trinajstić information content (AvgIpc) is 2.60. The fourth-order valence-corrected chi connectivity index (χ4v) is 1.37. The molecular formula is C11H19N2+. The molecule has 1 aromatic rings. The molecule has 0 amide bonds. The van der Waals surface area contributed by atoms with Crippen molar-refractivity contribution in [3.63, 3.8) is 0 Å². The van der Waals surface area contributed by atoms with Crippen molar-refractivity contribution in [2.24, 2.45) is 0 Å². The summed E-state index contributed by atoms with van der Waals surface area (Å²) < 4.78 is 4.18. The van der Waals surface area contributed by atoms with Gasteiger partial charge < -0.3 is 0 Å². The molecule has 1 rings (SSSR count). The van der Waals surface area contributed by atoms with Crippen molar-refractivity contribution in [1.82, 2.24) is 4.57 Å². The Morgan fingerprint density at radius 1 is 1.38 bits per heavy atom. The van der Waals surface area contributed by atoms with Crippen LogP contribution < -0.4 is 4.57 Å². The Bertz CT molecular complexity index is 250. The van der Waals surface area contributed by atoms with E-state index >= 15 is 0 Å². The molecule has 0 fully saturated rings. The second-order valence-electron chi connectivity index (χ2n) is 3.34. The van der Waals surface area contributed by atoms with E-state index in [1.165, 1.54) is 25.7 Å². The van der Waals surface area contributed by atoms with Crippen molar-refractivity contribution >= 4 is 6.20 Å². The highest BCUT2D eigenvalue weighted by Crippen LogP contribution is 1.98. The summed E-state index contributed by atoms with van der Waals surface area (Å²) in [5.41, 5.74) is 0. The van der Waals surface area contributed by atoms with Crippen LogP contribution in [0, 0.1) is 0 Å². The number of nitrogens with zero attached hydrogens (tertiary/aromatic N) is 2. The van der Waals surface area contributed by atoms with E-state index in [1.807, 2.05) is 17.0 Å². The minimum Gasteiger partial charge on any atom is -0.236 e. The Kier molecular flexibility index (Phi) is 4.30. The lowest BCUT2D eigenvalue weighted by molar-refractivity contribution is -0.696. The number of imidazole rings is 1. The van der Waals surface area contributed by atoms with Gasteiger partial charge in [-0.15, -0.1) is 0 Å². The van der Waals surface area contributed by atoms with Crippen molar-refractivity contribution in [3.05, 3.63) is 25.3 Å². The number of aromatic nitrogens is 2. The molecule has 0 atom stereocenters. The first-order chi connectivity index (χ1) is 6.36. The Morgan fingerprint density at radius 3 is 2.85 bits per heavy atom. The first kappa shape index (κ1) is 10.0. The van der Waals surface area contributed by atoms with E-state index in [-0.39, 0.29) is 0 Å². The van der Waals surface area contributed by atoms with Crippen LogP contribution in [0.3, 0.4) is 0 Å². The molecule has 13 heavy (non-hydrogen) atoms. The third-order valence-corrected chi connectivity index (χ3v) is 2.19. The van der Waals surface area contributed by atoms with E-state index in [2.05, 4.69) is 30.6 Å². The van der Waals surface area contributed by atoms with Crippen LogP contribution in [-0.4, -0.2) is 4.57 Å². The molecule has 0 aliphatic rings. The first-order valence-electron chi connectivity index (χ1n) is 5.06. The lowest BCUT2D eigenvalue weighted by atomic mass is 10.2. The summed E-state index contributed by atoms with van der Waals surface area (Å²) in [5.74, 6) is 0. The summed E-state index contributed by atoms with van der Waals surface area (Å²) in [7, 11) is 0. The molecule has 0 N–H and O–H groups in total. The number of unbranched alkanes of at least 4 members (excludes halogenated alkanes) is 3. The highest BCUT2D eigenvalue weighted by molar-refractivity contribution is 5.12. The molecule has 1 aromatic heterocycles. The van der Waals surface area contributed by atoms with Crippen LogP contribution in [0.15, 0.2) is 25.3 Å². The second-order valence-corrected chi connectivity index (χ2v) is 3.34. The lowest BCUT2D eigenvalue weighted by Crippen LogP contribution is -2.30. The normalized spacial score (nSPS) is 10.2. The van der Waals surface area contributed by atoms with Gasteiger partial charge in [0.25, 0.3) is 0 Å². The summed E-state index contributed by atoms with van der Waals surface area (Å²) in [6, 6.07) is 0. The van der Waals surface area contributed by atoms with Gasteiger partial charge in [-0.1, -0.05) is 26.3 Å². The zero-order valence-electron chi connectivity index (χ0n) is 8.45. The maximum Gasteiger partial charge on any atom is 0.248 e. The minimum atomic E-state index is 1.13. The Labute approximate surface area is 80.5 Å². The van der Waals surface area contributed by atoms with Crippen LogP contribution in [0.25, 0.3) is 6.20 Å². The Balaban J connectivity index is 2.24. The molecule has 2 heteroatoms. The second kappa shape index (κ2) is 5.57. The quantitative estimate of drug-likeness (QED) is 0.468. The molecule has 0 aromatic carbocycles. The standard InChI is InChI=1S/C11H19N2/c1-3-5-6-7-8-13-10-9-12(4-2)11-13/h4,9-11H,2-3,5-8H2,1H3/q+1. The zero-order chi connectivity index (χ0) is 9.52. The van der Waals surface area contributed by atoms with Gasteiger partial charge in [0.2, 0.25) is 6.33 Å². The van der Waals surface area contributed by atoms with Crippen LogP contribution in [0.2, 0.25) is 0 Å². The number of aryl methyl sites for hydroxylation is 1. The van der Waals surface area contributed by atoms with Crippen molar-refractivity contribution in [1.29, 1.82) is 0 Å². The summed E-state index contributed by atoms with van der Waals surface area (Å²) in [6.45, 7) is 7.07. The third kappa shape index (κ3) is 3.45. The van der Waals surface area contributed by atoms with Crippen LogP contribution in [0.5, 0.6) is 0 Å². The van der Waals surface area contributed by atoms with Gasteiger partial charge >= 0.3 is 0 Å². The molecule has 0 spiro atoms. The third-order valence-electron chi connectivity index (χ3n) is 2.19. The summed E-state index contributed by atoms with van der Waals surface area (Å²) in [6.07, 6.45) is 13.3. The number of rotatable bonds is 6. The van der Waals surface area contributed by atoms with Gasteiger partial charge in [0.15, 0.2) is 0 Å². The minimum absolute atomic E-state index is 1.13. The fraction of sp³-hybridized carbons (Fsp3) is 0.545. The largest absolute Gasteiger partial charge is 0.248 e. The van der Waals surface area contributed by atoms with Gasteiger partial charge in [-0.3, -0.25) is 0 Å². The molecular weight excluding hydrogens is 160 g/mol. The molecule has 0 unspecified atom stereocenters. The van der Waals surface area contributed by atoms with Gasteiger partial charge in [0, 0.05) is 0 Å². The number of hydrogen-bond donors (Lipinski definition) is 0. The Morgan fingerprint density at radius 2 is 2.23 bits per heavy atom. The van der Waals surface area contributed by atoms with Crippen LogP contribution in [-0.2, 0) is 6.54 Å². The van der Waals surface area contributed by atoms with E-state index in [9.17, 15) is 0 Å². The van der Waals surface area contributed by atoms with Crippen molar-refractivity contribution in [2.45, 2.75) is 39.2 Å². The van der Waals surface area contributed by atoms with Gasteiger partial charge in [-0.2, -0.15) is 0 Å². The molecule has 0 aliphatic heterocycles. The predicted octanol–water partition coefficient (Wildman–Crippen LogP) is 2.46. The van der Waals surface area contributed by atoms with Gasteiger partial charge in [0.05, 0.1) is 12.7 Å². The fourth-order valence-electron chi connectivity index (χ4n) is 1.37. The SMILES string of the molecule is C=Cn1cc[n+](CCCCCC)c1. The van der Waals surface area contributed by atoms with E-state index in [4.69, 9.17) is 0 Å². The molecule has 1 heterocycles. The van der Waals surface area contributed by atoms with Gasteiger partial charge in [0.1, 0.15) is 12.4 Å². The van der Waals surface area contributed by atoms with Crippen molar-refractivity contribution in [3.8, 4) is 0 Å². The summed E-state index contributed by atoms with van der Waals surface area (Å²) in [5, 5.41) is 0. The molecule has 2 nitrogen and oxygen atoms in total. The molecule has 0 radical (unpaired) electrons. The molecule has 0 bridgehead atoms. The maximum atomic E-state index is 3.70. The Hall–Kier alpha value is -1.05. The van der Waals surface area contributed by atoms with E-state index in [0.29, 0.717) is 0 Å². The summed E-state index contributed by atoms with van der Waals surface area (Å²) in [4.78, 5) is 0. The van der Waals surface area contributed by atoms with Crippen molar-refractivity contribution < 1.29 is 4.57 Å². The predicted molar refractivity (Wildman–Crippen MR) is 55.2 cm³/mol. The van der Waals surface area contributed by atoms with E-state index in [0.717, 1.165) is 6.54 Å². The highest BCUT2D eigenvalue weighted by atomic mass is 15.1. The molecule has 72 valence electrons.